The number of carbonyl (C=O) groups excluding carboxylic acids is 1. The molecule has 0 saturated heterocycles. The SMILES string of the molecule is O=C(Nc1nc(-c2ccc3c(c2)OCO3)cs1)c1cnn(-c2ccccc2)c1. The van der Waals surface area contributed by atoms with Crippen LogP contribution >= 0.6 is 11.3 Å². The van der Waals surface area contributed by atoms with E-state index < -0.39 is 0 Å². The van der Waals surface area contributed by atoms with Crippen molar-refractivity contribution >= 4 is 22.4 Å². The molecule has 3 heterocycles. The fourth-order valence-corrected chi connectivity index (χ4v) is 3.57. The Balaban J connectivity index is 1.32. The highest BCUT2D eigenvalue weighted by Gasteiger charge is 2.16. The van der Waals surface area contributed by atoms with Crippen molar-refractivity contribution < 1.29 is 14.3 Å². The minimum atomic E-state index is -0.256. The molecule has 1 aliphatic heterocycles. The first-order valence-corrected chi connectivity index (χ1v) is 9.41. The summed E-state index contributed by atoms with van der Waals surface area (Å²) in [4.78, 5) is 17.0. The molecule has 4 aromatic rings. The van der Waals surface area contributed by atoms with Crippen molar-refractivity contribution in [1.82, 2.24) is 14.8 Å². The molecule has 0 spiro atoms. The molecule has 5 rings (SSSR count). The van der Waals surface area contributed by atoms with Crippen molar-refractivity contribution in [2.45, 2.75) is 0 Å². The van der Waals surface area contributed by atoms with Gasteiger partial charge in [0.25, 0.3) is 5.91 Å². The van der Waals surface area contributed by atoms with Gasteiger partial charge in [-0.05, 0) is 30.3 Å². The van der Waals surface area contributed by atoms with E-state index in [1.54, 1.807) is 10.9 Å². The maximum atomic E-state index is 12.5. The summed E-state index contributed by atoms with van der Waals surface area (Å²) < 4.78 is 12.4. The predicted octanol–water partition coefficient (Wildman–Crippen LogP) is 3.98. The Kier molecular flexibility index (Phi) is 4.02. The van der Waals surface area contributed by atoms with Gasteiger partial charge >= 0.3 is 0 Å². The van der Waals surface area contributed by atoms with E-state index in [1.807, 2.05) is 53.9 Å². The Morgan fingerprint density at radius 2 is 1.96 bits per heavy atom. The second-order valence-electron chi connectivity index (χ2n) is 6.07. The van der Waals surface area contributed by atoms with Crippen LogP contribution in [0.5, 0.6) is 11.5 Å². The van der Waals surface area contributed by atoms with Crippen molar-refractivity contribution in [2.24, 2.45) is 0 Å². The highest BCUT2D eigenvalue weighted by molar-refractivity contribution is 7.14. The third-order valence-electron chi connectivity index (χ3n) is 4.26. The van der Waals surface area contributed by atoms with Crippen LogP contribution < -0.4 is 14.8 Å². The molecule has 0 aliphatic carbocycles. The molecule has 0 unspecified atom stereocenters. The van der Waals surface area contributed by atoms with Crippen molar-refractivity contribution in [3.63, 3.8) is 0 Å². The number of hydrogen-bond donors (Lipinski definition) is 1. The van der Waals surface area contributed by atoms with Gasteiger partial charge in [-0.15, -0.1) is 11.3 Å². The molecule has 0 fully saturated rings. The van der Waals surface area contributed by atoms with Crippen LogP contribution in [0.2, 0.25) is 0 Å². The largest absolute Gasteiger partial charge is 0.454 e. The molecular weight excluding hydrogens is 376 g/mol. The summed E-state index contributed by atoms with van der Waals surface area (Å²) in [5.41, 5.74) is 3.01. The lowest BCUT2D eigenvalue weighted by Crippen LogP contribution is -2.10. The van der Waals surface area contributed by atoms with Crippen LogP contribution in [0.25, 0.3) is 16.9 Å². The number of nitrogens with zero attached hydrogens (tertiary/aromatic N) is 3. The fraction of sp³-hybridized carbons (Fsp3) is 0.0500. The number of aromatic nitrogens is 3. The van der Waals surface area contributed by atoms with Crippen LogP contribution in [-0.2, 0) is 0 Å². The standard InChI is InChI=1S/C20H14N4O3S/c25-19(14-9-21-24(10-14)15-4-2-1-3-5-15)23-20-22-16(11-28-20)13-6-7-17-18(8-13)27-12-26-17/h1-11H,12H2,(H,22,23,25). The highest BCUT2D eigenvalue weighted by Crippen LogP contribution is 2.36. The molecule has 1 N–H and O–H groups in total. The number of hydrogen-bond acceptors (Lipinski definition) is 6. The number of thiazole rings is 1. The van der Waals surface area contributed by atoms with Crippen molar-refractivity contribution in [3.8, 4) is 28.4 Å². The number of ether oxygens (including phenoxy) is 2. The van der Waals surface area contributed by atoms with E-state index in [1.165, 1.54) is 17.5 Å². The van der Waals surface area contributed by atoms with Crippen LogP contribution in [0.3, 0.4) is 0 Å². The third kappa shape index (κ3) is 3.10. The van der Waals surface area contributed by atoms with Crippen LogP contribution in [0, 0.1) is 0 Å². The Bertz CT molecular complexity index is 1150. The Morgan fingerprint density at radius 1 is 1.11 bits per heavy atom. The average molecular weight is 390 g/mol. The Hall–Kier alpha value is -3.65. The zero-order valence-electron chi connectivity index (χ0n) is 14.5. The molecular formula is C20H14N4O3S. The first-order valence-electron chi connectivity index (χ1n) is 8.53. The van der Waals surface area contributed by atoms with Gasteiger partial charge < -0.3 is 9.47 Å². The molecule has 0 atom stereocenters. The van der Waals surface area contributed by atoms with Crippen LogP contribution in [0.1, 0.15) is 10.4 Å². The second kappa shape index (κ2) is 6.82. The number of rotatable bonds is 4. The first kappa shape index (κ1) is 16.5. The number of amides is 1. The molecule has 0 radical (unpaired) electrons. The van der Waals surface area contributed by atoms with Gasteiger partial charge in [0.1, 0.15) is 0 Å². The zero-order valence-corrected chi connectivity index (χ0v) is 15.3. The molecule has 138 valence electrons. The number of anilines is 1. The van der Waals surface area contributed by atoms with E-state index in [0.29, 0.717) is 16.4 Å². The lowest BCUT2D eigenvalue weighted by atomic mass is 10.1. The van der Waals surface area contributed by atoms with E-state index in [4.69, 9.17) is 9.47 Å². The zero-order chi connectivity index (χ0) is 18.9. The van der Waals surface area contributed by atoms with Gasteiger partial charge in [-0.3, -0.25) is 10.1 Å². The lowest BCUT2D eigenvalue weighted by Gasteiger charge is -2.01. The minimum Gasteiger partial charge on any atom is -0.454 e. The summed E-state index contributed by atoms with van der Waals surface area (Å²) in [7, 11) is 0. The number of carbonyl (C=O) groups is 1. The van der Waals surface area contributed by atoms with E-state index in [9.17, 15) is 4.79 Å². The van der Waals surface area contributed by atoms with Gasteiger partial charge in [0, 0.05) is 17.1 Å². The fourth-order valence-electron chi connectivity index (χ4n) is 2.85. The minimum absolute atomic E-state index is 0.230. The normalized spacial score (nSPS) is 12.1. The summed E-state index contributed by atoms with van der Waals surface area (Å²) in [5.74, 6) is 1.17. The van der Waals surface area contributed by atoms with E-state index >= 15 is 0 Å². The topological polar surface area (TPSA) is 78.3 Å². The summed E-state index contributed by atoms with van der Waals surface area (Å²) in [6.45, 7) is 0.230. The van der Waals surface area contributed by atoms with Crippen molar-refractivity contribution in [1.29, 1.82) is 0 Å². The number of nitrogens with one attached hydrogen (secondary N) is 1. The number of para-hydroxylation sites is 1. The van der Waals surface area contributed by atoms with Gasteiger partial charge in [0.05, 0.1) is 23.1 Å². The molecule has 2 aromatic heterocycles. The lowest BCUT2D eigenvalue weighted by molar-refractivity contribution is 0.102. The molecule has 1 amide bonds. The maximum absolute atomic E-state index is 12.5. The van der Waals surface area contributed by atoms with Crippen LogP contribution in [-0.4, -0.2) is 27.5 Å². The number of benzene rings is 2. The molecule has 8 heteroatoms. The molecule has 28 heavy (non-hydrogen) atoms. The summed E-state index contributed by atoms with van der Waals surface area (Å²) in [6.07, 6.45) is 3.23. The van der Waals surface area contributed by atoms with E-state index in [-0.39, 0.29) is 12.7 Å². The average Bonchev–Trinajstić information content (AvgIpc) is 3.48. The third-order valence-corrected chi connectivity index (χ3v) is 5.02. The van der Waals surface area contributed by atoms with Gasteiger partial charge in [-0.25, -0.2) is 9.67 Å². The highest BCUT2D eigenvalue weighted by atomic mass is 32.1. The van der Waals surface area contributed by atoms with Crippen LogP contribution in [0.4, 0.5) is 5.13 Å². The van der Waals surface area contributed by atoms with Gasteiger partial charge in [-0.2, -0.15) is 5.10 Å². The Morgan fingerprint density at radius 3 is 2.86 bits per heavy atom. The molecule has 2 aromatic carbocycles. The van der Waals surface area contributed by atoms with Gasteiger partial charge in [0.2, 0.25) is 6.79 Å². The Labute approximate surface area is 164 Å². The molecule has 7 nitrogen and oxygen atoms in total. The van der Waals surface area contributed by atoms with Gasteiger partial charge in [0.15, 0.2) is 16.6 Å². The molecule has 1 aliphatic rings. The summed E-state index contributed by atoms with van der Waals surface area (Å²) >= 11 is 1.36. The van der Waals surface area contributed by atoms with Crippen molar-refractivity contribution in [2.75, 3.05) is 12.1 Å². The van der Waals surface area contributed by atoms with Gasteiger partial charge in [-0.1, -0.05) is 18.2 Å². The molecule has 0 saturated carbocycles. The second-order valence-corrected chi connectivity index (χ2v) is 6.93. The quantitative estimate of drug-likeness (QED) is 0.570. The smallest absolute Gasteiger partial charge is 0.260 e. The monoisotopic (exact) mass is 390 g/mol. The first-order chi connectivity index (χ1) is 13.8. The van der Waals surface area contributed by atoms with Crippen LogP contribution in [0.15, 0.2) is 66.3 Å². The van der Waals surface area contributed by atoms with E-state index in [0.717, 1.165) is 22.7 Å². The maximum Gasteiger partial charge on any atom is 0.260 e. The van der Waals surface area contributed by atoms with E-state index in [2.05, 4.69) is 15.4 Å². The molecule has 0 bridgehead atoms. The summed E-state index contributed by atoms with van der Waals surface area (Å²) in [5, 5.41) is 9.48. The predicted molar refractivity (Wildman–Crippen MR) is 105 cm³/mol. The summed E-state index contributed by atoms with van der Waals surface area (Å²) in [6, 6.07) is 15.3. The number of fused-ring (bicyclic) bond motifs is 1. The van der Waals surface area contributed by atoms with Crippen molar-refractivity contribution in [3.05, 3.63) is 71.9 Å².